The van der Waals surface area contributed by atoms with E-state index in [0.717, 1.165) is 64.8 Å². The Morgan fingerprint density at radius 3 is 1.92 bits per heavy atom. The molecule has 0 bridgehead atoms. The van der Waals surface area contributed by atoms with E-state index in [-0.39, 0.29) is 69.4 Å². The molecule has 0 radical (unpaired) electrons. The van der Waals surface area contributed by atoms with Crippen molar-refractivity contribution in [1.82, 2.24) is 35.3 Å². The van der Waals surface area contributed by atoms with Crippen LogP contribution >= 0.6 is 23.2 Å². The molecule has 6 amide bonds. The number of nitrogens with zero attached hydrogens (tertiary/aromatic N) is 8. The van der Waals surface area contributed by atoms with E-state index in [1.165, 1.54) is 9.80 Å². The number of carbonyl (C=O) groups is 5. The van der Waals surface area contributed by atoms with Gasteiger partial charge in [-0.2, -0.15) is 15.2 Å². The first-order valence-corrected chi connectivity index (χ1v) is 36.5. The molecule has 0 spiro atoms. The standard InChI is InChI=1S/C74H94Cl2FN11O17/c1-52(77)71(91)87-20-19-86(49-58(87)14-16-78)69-62-15-18-85(65-9-3-6-54-5-2-8-63(76)68(54)65)50-64(62)81-74(83-69)105-51-59-7-4-17-84(59)21-22-94-23-24-95-25-26-96-27-28-97-29-30-98-31-32-99-33-34-100-35-36-101-37-38-102-39-40-103-41-42-104-60-45-56(75)44-57(46-60)80-73(93)79-47-53-10-11-61-55(43-53)48-88(72(61)92)66-12-13-67(89)82-70(66)90/h2-3,5-6,8-11,43-46,58-59,66H,1,4,7,12-15,17-42,47-51H2,(H2,79,80,93)(H,82,89,90)/t58-,59-,66?/m0/s1. The molecular formula is C74H94Cl2FN11O17. The number of likely N-dealkylation sites (tertiary alicyclic amines) is 1. The fourth-order valence-corrected chi connectivity index (χ4v) is 13.6. The number of hydrogen-bond donors (Lipinski definition) is 3. The monoisotopic (exact) mass is 1500 g/mol. The van der Waals surface area contributed by atoms with E-state index in [2.05, 4.69) is 61.5 Å². The highest BCUT2D eigenvalue weighted by Gasteiger charge is 2.40. The highest BCUT2D eigenvalue weighted by Crippen LogP contribution is 2.38. The molecule has 5 aliphatic rings. The lowest BCUT2D eigenvalue weighted by Crippen LogP contribution is -2.55. The van der Waals surface area contributed by atoms with E-state index in [1.807, 2.05) is 24.3 Å². The minimum Gasteiger partial charge on any atom is -0.491 e. The van der Waals surface area contributed by atoms with Crippen molar-refractivity contribution >= 4 is 80.8 Å². The maximum atomic E-state index is 14.1. The quantitative estimate of drug-likeness (QED) is 0.0199. The van der Waals surface area contributed by atoms with E-state index >= 15 is 0 Å². The molecule has 105 heavy (non-hydrogen) atoms. The molecule has 1 aromatic heterocycles. The number of nitrogens with one attached hydrogen (secondary N) is 3. The van der Waals surface area contributed by atoms with Crippen molar-refractivity contribution in [2.75, 3.05) is 200 Å². The second-order valence-electron chi connectivity index (χ2n) is 25.4. The first-order valence-electron chi connectivity index (χ1n) is 35.8. The zero-order chi connectivity index (χ0) is 73.5. The van der Waals surface area contributed by atoms with Crippen LogP contribution in [0.15, 0.2) is 85.2 Å². The number of aromatic nitrogens is 2. The fraction of sp³-hybridized carbons (Fsp3) is 0.541. The van der Waals surface area contributed by atoms with Crippen LogP contribution in [-0.2, 0) is 87.8 Å². The van der Waals surface area contributed by atoms with Gasteiger partial charge in [0.2, 0.25) is 11.8 Å². The lowest BCUT2D eigenvalue weighted by Gasteiger charge is -2.42. The summed E-state index contributed by atoms with van der Waals surface area (Å²) in [6.45, 7) is 16.6. The van der Waals surface area contributed by atoms with E-state index in [1.54, 1.807) is 30.3 Å². The number of carbonyl (C=O) groups excluding carboxylic acids is 5. The minimum atomic E-state index is -1.05. The number of anilines is 3. The molecule has 4 aromatic carbocycles. The summed E-state index contributed by atoms with van der Waals surface area (Å²) in [5, 5.41) is 20.6. The van der Waals surface area contributed by atoms with Gasteiger partial charge in [0, 0.05) is 97.3 Å². The lowest BCUT2D eigenvalue weighted by atomic mass is 10.0. The van der Waals surface area contributed by atoms with E-state index in [0.29, 0.717) is 204 Å². The number of amides is 6. The maximum Gasteiger partial charge on any atom is 0.319 e. The summed E-state index contributed by atoms with van der Waals surface area (Å²) in [5.41, 5.74) is 5.25. The van der Waals surface area contributed by atoms with Gasteiger partial charge < -0.3 is 87.1 Å². The molecule has 10 rings (SSSR count). The average molecular weight is 1500 g/mol. The summed E-state index contributed by atoms with van der Waals surface area (Å²) < 4.78 is 82.8. The number of benzene rings is 4. The third kappa shape index (κ3) is 24.3. The number of hydrogen-bond acceptors (Lipinski definition) is 23. The molecule has 3 N–H and O–H groups in total. The zero-order valence-electron chi connectivity index (χ0n) is 59.2. The third-order valence-electron chi connectivity index (χ3n) is 18.2. The topological polar surface area (TPSA) is 298 Å². The van der Waals surface area contributed by atoms with Gasteiger partial charge in [0.25, 0.3) is 11.8 Å². The molecule has 5 aliphatic heterocycles. The predicted molar refractivity (Wildman–Crippen MR) is 388 cm³/mol. The molecule has 568 valence electrons. The molecular weight excluding hydrogens is 1400 g/mol. The number of halogens is 3. The van der Waals surface area contributed by atoms with Crippen molar-refractivity contribution in [2.24, 2.45) is 0 Å². The fourth-order valence-electron chi connectivity index (χ4n) is 13.1. The van der Waals surface area contributed by atoms with Crippen molar-refractivity contribution in [3.8, 4) is 17.8 Å². The summed E-state index contributed by atoms with van der Waals surface area (Å²) in [6, 6.07) is 23.1. The molecule has 3 atom stereocenters. The SMILES string of the molecule is C=C(F)C(=O)N1CCN(c2nc(OC[C@@H]3CCCN3CCOCCOCCOCCOCCOCCOCCOCCOCCOCCOCCOc3cc(Cl)cc(NC(=O)NCc4ccc5c(c4)CN(C4CCC(=O)NC4=O)C5=O)c3)nc3c2CCN(c2cccc4cccc(Cl)c24)C3)C[C@@H]1CC#N. The van der Waals surface area contributed by atoms with Crippen LogP contribution < -0.4 is 35.2 Å². The molecule has 1 unspecified atom stereocenters. The normalized spacial score (nSPS) is 17.4. The zero-order valence-corrected chi connectivity index (χ0v) is 60.7. The Morgan fingerprint density at radius 2 is 1.30 bits per heavy atom. The summed E-state index contributed by atoms with van der Waals surface area (Å²) >= 11 is 13.1. The van der Waals surface area contributed by atoms with Crippen LogP contribution in [0.1, 0.15) is 64.8 Å². The van der Waals surface area contributed by atoms with Gasteiger partial charge in [0.15, 0.2) is 5.83 Å². The van der Waals surface area contributed by atoms with Crippen LogP contribution in [0.4, 0.5) is 26.4 Å². The molecule has 0 aliphatic carbocycles. The first kappa shape index (κ1) is 79.6. The highest BCUT2D eigenvalue weighted by molar-refractivity contribution is 6.36. The molecule has 31 heteroatoms. The Bertz CT molecular complexity index is 3740. The number of ether oxygens (including phenoxy) is 12. The van der Waals surface area contributed by atoms with Crippen molar-refractivity contribution in [1.29, 1.82) is 5.26 Å². The summed E-state index contributed by atoms with van der Waals surface area (Å²) in [4.78, 5) is 82.2. The Morgan fingerprint density at radius 1 is 0.667 bits per heavy atom. The predicted octanol–water partition coefficient (Wildman–Crippen LogP) is 7.08. The number of urea groups is 1. The van der Waals surface area contributed by atoms with Crippen molar-refractivity contribution in [3.63, 3.8) is 0 Å². The third-order valence-corrected chi connectivity index (χ3v) is 18.8. The molecule has 28 nitrogen and oxygen atoms in total. The van der Waals surface area contributed by atoms with E-state index in [9.17, 15) is 33.6 Å². The summed E-state index contributed by atoms with van der Waals surface area (Å²) in [5.74, 6) is -1.77. The highest BCUT2D eigenvalue weighted by atomic mass is 35.5. The molecule has 3 fully saturated rings. The molecule has 5 aromatic rings. The summed E-state index contributed by atoms with van der Waals surface area (Å²) in [6.07, 6.45) is 3.11. The first-order chi connectivity index (χ1) is 51.3. The lowest BCUT2D eigenvalue weighted by molar-refractivity contribution is -0.137. The van der Waals surface area contributed by atoms with Crippen LogP contribution in [0.2, 0.25) is 10.0 Å². The Kier molecular flexibility index (Phi) is 32.2. The number of piperazine rings is 1. The van der Waals surface area contributed by atoms with Gasteiger partial charge in [-0.25, -0.2) is 9.18 Å². The van der Waals surface area contributed by atoms with Gasteiger partial charge >= 0.3 is 12.0 Å². The molecule has 3 saturated heterocycles. The van der Waals surface area contributed by atoms with Crippen molar-refractivity contribution in [3.05, 3.63) is 123 Å². The van der Waals surface area contributed by atoms with Crippen LogP contribution in [-0.4, -0.2) is 257 Å². The van der Waals surface area contributed by atoms with Gasteiger partial charge in [-0.15, -0.1) is 0 Å². The second-order valence-corrected chi connectivity index (χ2v) is 26.2. The van der Waals surface area contributed by atoms with Crippen LogP contribution in [0, 0.1) is 11.3 Å². The number of piperidine rings is 1. The van der Waals surface area contributed by atoms with Gasteiger partial charge in [-0.1, -0.05) is 66.2 Å². The Balaban J connectivity index is 0.480. The number of nitriles is 1. The van der Waals surface area contributed by atoms with Gasteiger partial charge in [0.1, 0.15) is 30.8 Å². The average Bonchev–Trinajstić information content (AvgIpc) is 1.72. The van der Waals surface area contributed by atoms with Gasteiger partial charge in [0.05, 0.1) is 168 Å². The van der Waals surface area contributed by atoms with Gasteiger partial charge in [-0.05, 0) is 79.1 Å². The largest absolute Gasteiger partial charge is 0.491 e. The Labute approximate surface area is 620 Å². The van der Waals surface area contributed by atoms with Crippen LogP contribution in [0.5, 0.6) is 11.8 Å². The Hall–Kier alpha value is -7.93. The van der Waals surface area contributed by atoms with Crippen molar-refractivity contribution < 1.29 is 85.2 Å². The van der Waals surface area contributed by atoms with Crippen molar-refractivity contribution in [2.45, 2.75) is 76.3 Å². The number of imide groups is 1. The minimum absolute atomic E-state index is 0.0330. The van der Waals surface area contributed by atoms with Gasteiger partial charge in [-0.3, -0.25) is 29.4 Å². The number of fused-ring (bicyclic) bond motifs is 3. The maximum absolute atomic E-state index is 14.1. The number of rotatable bonds is 45. The van der Waals surface area contributed by atoms with E-state index in [4.69, 9.17) is 90.0 Å². The summed E-state index contributed by atoms with van der Waals surface area (Å²) in [7, 11) is 0. The molecule has 0 saturated carbocycles. The molecule has 6 heterocycles. The second kappa shape index (κ2) is 42.4. The van der Waals surface area contributed by atoms with E-state index < -0.39 is 35.8 Å². The van der Waals surface area contributed by atoms with Crippen LogP contribution in [0.3, 0.4) is 0 Å². The van der Waals surface area contributed by atoms with Crippen LogP contribution in [0.25, 0.3) is 10.8 Å². The smallest absolute Gasteiger partial charge is 0.319 e.